The fourth-order valence-corrected chi connectivity index (χ4v) is 6.29. The minimum atomic E-state index is -0.417. The second-order valence-corrected chi connectivity index (χ2v) is 10.7. The van der Waals surface area contributed by atoms with Crippen molar-refractivity contribution in [2.45, 2.75) is 77.7 Å². The van der Waals surface area contributed by atoms with E-state index < -0.39 is 5.82 Å². The number of Topliss-reactive ketones (excluding diaryl/α,β-unsaturated/α-hetero) is 1. The molecule has 2 amide bonds. The molecule has 2 atom stereocenters. The average Bonchev–Trinajstić information content (AvgIpc) is 3.51. The molecule has 36 heavy (non-hydrogen) atoms. The average molecular weight is 492 g/mol. The Morgan fingerprint density at radius 1 is 1.08 bits per heavy atom. The zero-order chi connectivity index (χ0) is 25.4. The Morgan fingerprint density at radius 2 is 1.86 bits per heavy atom. The van der Waals surface area contributed by atoms with Crippen LogP contribution >= 0.6 is 0 Å². The lowest BCUT2D eigenvalue weighted by atomic mass is 9.82. The van der Waals surface area contributed by atoms with Crippen LogP contribution in [0.5, 0.6) is 0 Å². The molecule has 6 nitrogen and oxygen atoms in total. The molecule has 3 N–H and O–H groups in total. The largest absolute Gasteiger partial charge is 0.358 e. The van der Waals surface area contributed by atoms with Crippen LogP contribution in [0, 0.1) is 31.5 Å². The van der Waals surface area contributed by atoms with Crippen LogP contribution in [0.2, 0.25) is 0 Å². The highest BCUT2D eigenvalue weighted by Crippen LogP contribution is 2.35. The van der Waals surface area contributed by atoms with Crippen LogP contribution in [0.15, 0.2) is 18.2 Å². The summed E-state index contributed by atoms with van der Waals surface area (Å²) in [7, 11) is 0. The molecule has 0 spiro atoms. The van der Waals surface area contributed by atoms with Gasteiger partial charge in [0.05, 0.1) is 11.1 Å². The lowest BCUT2D eigenvalue weighted by molar-refractivity contribution is -0.124. The zero-order valence-corrected chi connectivity index (χ0v) is 21.0. The smallest absolute Gasteiger partial charge is 0.256 e. The van der Waals surface area contributed by atoms with E-state index >= 15 is 0 Å². The number of hydrogen-bond acceptors (Lipinski definition) is 3. The predicted octanol–water partition coefficient (Wildman–Crippen LogP) is 5.70. The Morgan fingerprint density at radius 3 is 2.64 bits per heavy atom. The Bertz CT molecular complexity index is 1240. The van der Waals surface area contributed by atoms with Gasteiger partial charge >= 0.3 is 0 Å². The Kier molecular flexibility index (Phi) is 6.82. The van der Waals surface area contributed by atoms with Crippen LogP contribution < -0.4 is 10.6 Å². The molecule has 1 aromatic carbocycles. The third-order valence-electron chi connectivity index (χ3n) is 8.22. The van der Waals surface area contributed by atoms with Gasteiger partial charge in [-0.3, -0.25) is 14.4 Å². The van der Waals surface area contributed by atoms with Gasteiger partial charge in [-0.05, 0) is 62.4 Å². The number of nitrogens with one attached hydrogen (secondary N) is 3. The molecule has 0 unspecified atom stereocenters. The van der Waals surface area contributed by atoms with Crippen molar-refractivity contribution in [1.82, 2.24) is 10.3 Å². The number of ketones is 1. The van der Waals surface area contributed by atoms with Crippen LogP contribution in [0.1, 0.15) is 90.7 Å². The number of anilines is 1. The van der Waals surface area contributed by atoms with E-state index in [4.69, 9.17) is 0 Å². The number of aryl methyl sites for hydroxylation is 1. The number of hydrogen-bond donors (Lipinski definition) is 3. The number of benzene rings is 1. The summed E-state index contributed by atoms with van der Waals surface area (Å²) in [6.07, 6.45) is 10.9. The number of fused-ring (bicyclic) bond motifs is 1. The monoisotopic (exact) mass is 491 g/mol. The number of carbonyl (C=O) groups excluding carboxylic acids is 3. The van der Waals surface area contributed by atoms with E-state index in [1.54, 1.807) is 12.1 Å². The summed E-state index contributed by atoms with van der Waals surface area (Å²) in [5.41, 5.74) is 4.00. The molecule has 2 aliphatic carbocycles. The van der Waals surface area contributed by atoms with Crippen LogP contribution in [0.25, 0.3) is 11.6 Å². The summed E-state index contributed by atoms with van der Waals surface area (Å²) in [5, 5.41) is 5.91. The molecule has 2 aromatic rings. The summed E-state index contributed by atoms with van der Waals surface area (Å²) in [4.78, 5) is 42.2. The quantitative estimate of drug-likeness (QED) is 0.453. The molecule has 3 aliphatic rings. The van der Waals surface area contributed by atoms with Crippen molar-refractivity contribution in [3.05, 3.63) is 52.1 Å². The van der Waals surface area contributed by atoms with E-state index in [9.17, 15) is 18.8 Å². The number of aromatic amines is 1. The highest BCUT2D eigenvalue weighted by molar-refractivity contribution is 6.34. The maximum atomic E-state index is 13.8. The molecule has 1 aliphatic heterocycles. The summed E-state index contributed by atoms with van der Waals surface area (Å²) >= 11 is 0. The van der Waals surface area contributed by atoms with Gasteiger partial charge in [-0.15, -0.1) is 0 Å². The third kappa shape index (κ3) is 4.75. The fourth-order valence-electron chi connectivity index (χ4n) is 6.29. The number of H-pyrrole nitrogens is 1. The van der Waals surface area contributed by atoms with Crippen molar-refractivity contribution in [2.24, 2.45) is 11.8 Å². The zero-order valence-electron chi connectivity index (χ0n) is 21.0. The molecular weight excluding hydrogens is 457 g/mol. The number of rotatable bonds is 6. The van der Waals surface area contributed by atoms with Gasteiger partial charge in [0, 0.05) is 41.0 Å². The first-order chi connectivity index (χ1) is 17.3. The van der Waals surface area contributed by atoms with Gasteiger partial charge < -0.3 is 15.6 Å². The summed E-state index contributed by atoms with van der Waals surface area (Å²) in [6, 6.07) is 4.05. The predicted molar refractivity (Wildman–Crippen MR) is 138 cm³/mol. The highest BCUT2D eigenvalue weighted by atomic mass is 19.1. The van der Waals surface area contributed by atoms with Gasteiger partial charge in [0.15, 0.2) is 0 Å². The molecular formula is C29H34FN3O3. The normalized spacial score (nSPS) is 23.1. The second-order valence-electron chi connectivity index (χ2n) is 10.7. The standard InChI is InChI=1S/C29H34FN3O3/c1-16-25(15-22-21-14-19(30)11-12-24(21)32-28(22)35)31-17(2)27(16)29(36)33-23-10-6-9-20(23)26(34)13-18-7-4-3-5-8-18/h11-12,14-15,18,20,23,31H,3-10,13H2,1-2H3,(H,32,35)(H,33,36)/b22-15-/t20-,23+/m0/s1. The van der Waals surface area contributed by atoms with Crippen LogP contribution in [-0.2, 0) is 9.59 Å². The molecule has 2 saturated carbocycles. The maximum Gasteiger partial charge on any atom is 0.256 e. The maximum absolute atomic E-state index is 13.8. The molecule has 1 aromatic heterocycles. The van der Waals surface area contributed by atoms with Crippen molar-refractivity contribution in [3.8, 4) is 0 Å². The Hall–Kier alpha value is -3.22. The molecule has 2 heterocycles. The van der Waals surface area contributed by atoms with E-state index in [1.807, 2.05) is 13.8 Å². The molecule has 0 saturated heterocycles. The number of halogens is 1. The van der Waals surface area contributed by atoms with Crippen LogP contribution in [0.4, 0.5) is 10.1 Å². The van der Waals surface area contributed by atoms with E-state index in [2.05, 4.69) is 15.6 Å². The SMILES string of the molecule is Cc1[nH]c(/C=C2\C(=O)Nc3ccc(F)cc32)c(C)c1C(=O)N[C@@H]1CCC[C@@H]1C(=O)CC1CCCCC1. The van der Waals surface area contributed by atoms with E-state index in [0.717, 1.165) is 37.7 Å². The van der Waals surface area contributed by atoms with Crippen LogP contribution in [-0.4, -0.2) is 28.6 Å². The minimum absolute atomic E-state index is 0.106. The molecule has 2 fully saturated rings. The number of carbonyl (C=O) groups is 3. The molecule has 5 rings (SSSR count). The molecule has 0 radical (unpaired) electrons. The van der Waals surface area contributed by atoms with Gasteiger partial charge in [0.2, 0.25) is 0 Å². The summed E-state index contributed by atoms with van der Waals surface area (Å²) in [5.74, 6) is -0.227. The first-order valence-electron chi connectivity index (χ1n) is 13.2. The first kappa shape index (κ1) is 24.5. The van der Waals surface area contributed by atoms with Crippen molar-refractivity contribution >= 4 is 34.9 Å². The summed E-state index contributed by atoms with van der Waals surface area (Å²) < 4.78 is 13.8. The number of aromatic nitrogens is 1. The molecule has 0 bridgehead atoms. The molecule has 7 heteroatoms. The summed E-state index contributed by atoms with van der Waals surface area (Å²) in [6.45, 7) is 3.66. The fraction of sp³-hybridized carbons (Fsp3) is 0.483. The van der Waals surface area contributed by atoms with Crippen molar-refractivity contribution in [1.29, 1.82) is 0 Å². The Labute approximate surface area is 211 Å². The first-order valence-corrected chi connectivity index (χ1v) is 13.2. The molecule has 190 valence electrons. The van der Waals surface area contributed by atoms with Crippen LogP contribution in [0.3, 0.4) is 0 Å². The van der Waals surface area contributed by atoms with Crippen molar-refractivity contribution < 1.29 is 18.8 Å². The van der Waals surface area contributed by atoms with E-state index in [0.29, 0.717) is 51.9 Å². The lowest BCUT2D eigenvalue weighted by Crippen LogP contribution is -2.41. The second kappa shape index (κ2) is 10.0. The van der Waals surface area contributed by atoms with E-state index in [-0.39, 0.29) is 23.8 Å². The van der Waals surface area contributed by atoms with Gasteiger partial charge in [0.1, 0.15) is 11.6 Å². The van der Waals surface area contributed by atoms with Gasteiger partial charge in [0.25, 0.3) is 11.8 Å². The Balaban J connectivity index is 1.32. The van der Waals surface area contributed by atoms with E-state index in [1.165, 1.54) is 31.4 Å². The van der Waals surface area contributed by atoms with Crippen molar-refractivity contribution in [2.75, 3.05) is 5.32 Å². The number of amides is 2. The minimum Gasteiger partial charge on any atom is -0.358 e. The lowest BCUT2D eigenvalue weighted by Gasteiger charge is -2.25. The third-order valence-corrected chi connectivity index (χ3v) is 8.22. The van der Waals surface area contributed by atoms with Crippen molar-refractivity contribution in [3.63, 3.8) is 0 Å². The highest BCUT2D eigenvalue weighted by Gasteiger charge is 2.35. The van der Waals surface area contributed by atoms with Gasteiger partial charge in [-0.2, -0.15) is 0 Å². The van der Waals surface area contributed by atoms with Gasteiger partial charge in [-0.1, -0.05) is 38.5 Å². The topological polar surface area (TPSA) is 91.1 Å². The van der Waals surface area contributed by atoms with Gasteiger partial charge in [-0.25, -0.2) is 4.39 Å².